The van der Waals surface area contributed by atoms with E-state index >= 15 is 0 Å². The van der Waals surface area contributed by atoms with E-state index in [9.17, 15) is 18.6 Å². The lowest BCUT2D eigenvalue weighted by Gasteiger charge is -2.29. The lowest BCUT2D eigenvalue weighted by atomic mass is 9.80. The Labute approximate surface area is 224 Å². The molecule has 0 saturated carbocycles. The predicted molar refractivity (Wildman–Crippen MR) is 148 cm³/mol. The number of anilines is 1. The molecule has 0 fully saturated rings. The minimum Gasteiger partial charge on any atom is -0.506 e. The Morgan fingerprint density at radius 1 is 0.892 bits per heavy atom. The maximum atomic E-state index is 11.6. The number of rotatable bonds is 11. The monoisotopic (exact) mass is 550 g/mol. The number of sulfonamides is 1. The van der Waals surface area contributed by atoms with Gasteiger partial charge in [0.1, 0.15) is 17.2 Å². The van der Waals surface area contributed by atoms with Crippen molar-refractivity contribution in [3.63, 3.8) is 0 Å². The second kappa shape index (κ2) is 13.0. The van der Waals surface area contributed by atoms with Crippen molar-refractivity contribution in [2.75, 3.05) is 25.2 Å². The van der Waals surface area contributed by atoms with Crippen LogP contribution in [0.3, 0.4) is 0 Å². The standard InChI is InChI=1S/C27H34N2O6S.ClH/c1-17(26(28)27(31)20-9-14-25(30)24(16-20)29-36(4,32)33)15-23(18-5-10-21(34-2)11-6-18)19-7-12-22(35-3)13-8-19;/h5-14,16-17,23,26-27,29-31H,15,28H2,1-4H3;1H/t17?,26?,27-;/m1./s1. The first-order valence-corrected chi connectivity index (χ1v) is 13.4. The van der Waals surface area contributed by atoms with Crippen LogP contribution in [0.1, 0.15) is 42.1 Å². The van der Waals surface area contributed by atoms with Gasteiger partial charge in [-0.05, 0) is 65.4 Å². The maximum Gasteiger partial charge on any atom is 0.229 e. The Hall–Kier alpha value is -2.98. The molecular formula is C27H35ClN2O6S. The lowest BCUT2D eigenvalue weighted by molar-refractivity contribution is 0.118. The number of ether oxygens (including phenoxy) is 2. The summed E-state index contributed by atoms with van der Waals surface area (Å²) in [5.74, 6) is 1.15. The SMILES string of the molecule is COc1ccc(C(CC(C)C(N)[C@H](O)c2ccc(O)c(NS(C)(=O)=O)c2)c2ccc(OC)cc2)cc1.Cl. The zero-order chi connectivity index (χ0) is 26.5. The number of benzene rings is 3. The van der Waals surface area contributed by atoms with Gasteiger partial charge < -0.3 is 25.4 Å². The molecule has 0 amide bonds. The van der Waals surface area contributed by atoms with Gasteiger partial charge in [-0.15, -0.1) is 12.4 Å². The van der Waals surface area contributed by atoms with Crippen LogP contribution in [0, 0.1) is 5.92 Å². The molecule has 0 aliphatic rings. The number of aliphatic hydroxyl groups is 1. The summed E-state index contributed by atoms with van der Waals surface area (Å²) in [7, 11) is -0.360. The average Bonchev–Trinajstić information content (AvgIpc) is 2.87. The van der Waals surface area contributed by atoms with Crippen LogP contribution in [-0.4, -0.2) is 45.1 Å². The second-order valence-electron chi connectivity index (χ2n) is 8.98. The van der Waals surface area contributed by atoms with Crippen LogP contribution < -0.4 is 19.9 Å². The Kier molecular flexibility index (Phi) is 10.6. The van der Waals surface area contributed by atoms with Gasteiger partial charge in [-0.25, -0.2) is 8.42 Å². The molecule has 3 rings (SSSR count). The van der Waals surface area contributed by atoms with Gasteiger partial charge in [-0.3, -0.25) is 4.72 Å². The van der Waals surface area contributed by atoms with Crippen molar-refractivity contribution >= 4 is 28.1 Å². The molecule has 0 radical (unpaired) electrons. The van der Waals surface area contributed by atoms with Crippen molar-refractivity contribution in [2.24, 2.45) is 11.7 Å². The van der Waals surface area contributed by atoms with Crippen molar-refractivity contribution in [3.8, 4) is 17.2 Å². The first kappa shape index (κ1) is 30.2. The molecule has 10 heteroatoms. The topological polar surface area (TPSA) is 131 Å². The van der Waals surface area contributed by atoms with Crippen LogP contribution in [0.2, 0.25) is 0 Å². The lowest BCUT2D eigenvalue weighted by Crippen LogP contribution is -2.36. The minimum atomic E-state index is -3.61. The molecule has 3 atom stereocenters. The van der Waals surface area contributed by atoms with Crippen molar-refractivity contribution in [1.29, 1.82) is 0 Å². The van der Waals surface area contributed by atoms with Crippen molar-refractivity contribution in [1.82, 2.24) is 0 Å². The predicted octanol–water partition coefficient (Wildman–Crippen LogP) is 4.42. The molecule has 5 N–H and O–H groups in total. The second-order valence-corrected chi connectivity index (χ2v) is 10.7. The van der Waals surface area contributed by atoms with Crippen molar-refractivity contribution in [2.45, 2.75) is 31.4 Å². The van der Waals surface area contributed by atoms with E-state index in [1.165, 1.54) is 18.2 Å². The normalized spacial score (nSPS) is 13.8. The van der Waals surface area contributed by atoms with Gasteiger partial charge in [0.15, 0.2) is 0 Å². The first-order chi connectivity index (χ1) is 17.0. The molecule has 2 unspecified atom stereocenters. The number of phenols is 1. The van der Waals surface area contributed by atoms with Gasteiger partial charge in [0.25, 0.3) is 0 Å². The largest absolute Gasteiger partial charge is 0.506 e. The molecule has 8 nitrogen and oxygen atoms in total. The summed E-state index contributed by atoms with van der Waals surface area (Å²) in [5, 5.41) is 21.1. The van der Waals surface area contributed by atoms with E-state index in [4.69, 9.17) is 15.2 Å². The summed E-state index contributed by atoms with van der Waals surface area (Å²) in [6.07, 6.45) is 0.554. The summed E-state index contributed by atoms with van der Waals surface area (Å²) in [5.41, 5.74) is 9.07. The molecule has 0 spiro atoms. The summed E-state index contributed by atoms with van der Waals surface area (Å²) in [4.78, 5) is 0. The zero-order valence-corrected chi connectivity index (χ0v) is 22.9. The van der Waals surface area contributed by atoms with Gasteiger partial charge in [0.05, 0.1) is 32.3 Å². The summed E-state index contributed by atoms with van der Waals surface area (Å²) < 4.78 is 36.1. The van der Waals surface area contributed by atoms with Crippen LogP contribution in [0.15, 0.2) is 66.7 Å². The molecule has 0 saturated heterocycles. The van der Waals surface area contributed by atoms with Crippen molar-refractivity contribution < 1.29 is 28.1 Å². The highest BCUT2D eigenvalue weighted by molar-refractivity contribution is 7.92. The highest BCUT2D eigenvalue weighted by Gasteiger charge is 2.27. The number of nitrogens with two attached hydrogens (primary N) is 1. The molecule has 3 aromatic rings. The van der Waals surface area contributed by atoms with Crippen LogP contribution in [0.4, 0.5) is 5.69 Å². The highest BCUT2D eigenvalue weighted by atomic mass is 35.5. The highest BCUT2D eigenvalue weighted by Crippen LogP contribution is 2.36. The smallest absolute Gasteiger partial charge is 0.229 e. The molecular weight excluding hydrogens is 516 g/mol. The van der Waals surface area contributed by atoms with E-state index in [0.717, 1.165) is 28.9 Å². The van der Waals surface area contributed by atoms with Crippen LogP contribution >= 0.6 is 12.4 Å². The van der Waals surface area contributed by atoms with E-state index in [-0.39, 0.29) is 35.7 Å². The zero-order valence-electron chi connectivity index (χ0n) is 21.3. The average molecular weight is 551 g/mol. The number of hydrogen-bond donors (Lipinski definition) is 4. The fraction of sp³-hybridized carbons (Fsp3) is 0.333. The third kappa shape index (κ3) is 8.00. The molecule has 202 valence electrons. The van der Waals surface area contributed by atoms with Gasteiger partial charge in [-0.2, -0.15) is 0 Å². The summed E-state index contributed by atoms with van der Waals surface area (Å²) in [6.45, 7) is 1.98. The van der Waals surface area contributed by atoms with Crippen LogP contribution in [0.5, 0.6) is 17.2 Å². The van der Waals surface area contributed by atoms with Crippen LogP contribution in [0.25, 0.3) is 0 Å². The Morgan fingerprint density at radius 2 is 1.35 bits per heavy atom. The maximum absolute atomic E-state index is 11.6. The first-order valence-electron chi connectivity index (χ1n) is 11.5. The third-order valence-electron chi connectivity index (χ3n) is 6.32. The summed E-state index contributed by atoms with van der Waals surface area (Å²) in [6, 6.07) is 19.4. The van der Waals surface area contributed by atoms with Gasteiger partial charge >= 0.3 is 0 Å². The molecule has 0 heterocycles. The molecule has 0 aliphatic heterocycles. The van der Waals surface area contributed by atoms with E-state index in [0.29, 0.717) is 12.0 Å². The molecule has 0 aromatic heterocycles. The Morgan fingerprint density at radius 3 is 1.78 bits per heavy atom. The number of halogens is 1. The van der Waals surface area contributed by atoms with Crippen LogP contribution in [-0.2, 0) is 10.0 Å². The number of aromatic hydroxyl groups is 1. The molecule has 0 aliphatic carbocycles. The number of methoxy groups -OCH3 is 2. The van der Waals surface area contributed by atoms with Crippen molar-refractivity contribution in [3.05, 3.63) is 83.4 Å². The number of aliphatic hydroxyl groups excluding tert-OH is 1. The minimum absolute atomic E-state index is 0. The van der Waals surface area contributed by atoms with Gasteiger partial charge in [0, 0.05) is 12.0 Å². The van der Waals surface area contributed by atoms with E-state index < -0.39 is 22.2 Å². The van der Waals surface area contributed by atoms with E-state index in [1.807, 2.05) is 55.5 Å². The quantitative estimate of drug-likeness (QED) is 0.260. The summed E-state index contributed by atoms with van der Waals surface area (Å²) >= 11 is 0. The molecule has 0 bridgehead atoms. The number of hydrogen-bond acceptors (Lipinski definition) is 7. The number of nitrogens with one attached hydrogen (secondary N) is 1. The van der Waals surface area contributed by atoms with E-state index in [2.05, 4.69) is 4.72 Å². The third-order valence-corrected chi connectivity index (χ3v) is 6.91. The fourth-order valence-electron chi connectivity index (χ4n) is 4.22. The van der Waals surface area contributed by atoms with Gasteiger partial charge in [-0.1, -0.05) is 37.3 Å². The fourth-order valence-corrected chi connectivity index (χ4v) is 4.78. The Bertz CT molecular complexity index is 1210. The number of phenolic OH excluding ortho intramolecular Hbond substituents is 1. The van der Waals surface area contributed by atoms with Gasteiger partial charge in [0.2, 0.25) is 10.0 Å². The van der Waals surface area contributed by atoms with E-state index in [1.54, 1.807) is 14.2 Å². The molecule has 37 heavy (non-hydrogen) atoms. The molecule has 3 aromatic carbocycles. The Balaban J connectivity index is 0.00000481.